The van der Waals surface area contributed by atoms with Crippen molar-refractivity contribution < 1.29 is 148 Å². The van der Waals surface area contributed by atoms with Crippen molar-refractivity contribution in [3.63, 3.8) is 0 Å². The van der Waals surface area contributed by atoms with Crippen LogP contribution in [0.25, 0.3) is 6.08 Å². The maximum absolute atomic E-state index is 13.1. The van der Waals surface area contributed by atoms with Crippen molar-refractivity contribution in [1.29, 1.82) is 0 Å². The Labute approximate surface area is 431 Å². The molecule has 31 nitrogen and oxygen atoms in total. The number of amides is 1. The zero-order valence-corrected chi connectivity index (χ0v) is 40.0. The summed E-state index contributed by atoms with van der Waals surface area (Å²) < 4.78 is 69.3. The molecule has 12 bridgehead atoms. The van der Waals surface area contributed by atoms with Gasteiger partial charge in [-0.2, -0.15) is 0 Å². The van der Waals surface area contributed by atoms with E-state index in [2.05, 4.69) is 5.32 Å². The van der Waals surface area contributed by atoms with Crippen molar-refractivity contribution in [3.8, 4) is 0 Å². The highest BCUT2D eigenvalue weighted by Gasteiger charge is 2.58. The molecule has 76 heavy (non-hydrogen) atoms. The van der Waals surface area contributed by atoms with Crippen molar-refractivity contribution in [2.45, 2.75) is 184 Å². The summed E-state index contributed by atoms with van der Waals surface area (Å²) in [6.07, 6.45) is -56.6. The Morgan fingerprint density at radius 3 is 0.842 bits per heavy atom. The molecule has 30 atom stereocenters. The molecule has 22 fully saturated rings. The first-order valence-corrected chi connectivity index (χ1v) is 24.4. The van der Waals surface area contributed by atoms with Crippen molar-refractivity contribution in [2.75, 3.05) is 39.6 Å². The van der Waals surface area contributed by atoms with Crippen molar-refractivity contribution >= 4 is 12.0 Å². The molecule has 22 aliphatic heterocycles. The summed E-state index contributed by atoms with van der Waals surface area (Å²) in [6, 6.07) is 8.62. The maximum Gasteiger partial charge on any atom is 0.244 e. The summed E-state index contributed by atoms with van der Waals surface area (Å²) >= 11 is 0. The lowest BCUT2D eigenvalue weighted by atomic mass is 9.94. The smallest absolute Gasteiger partial charge is 0.244 e. The number of ether oxygens (including phenoxy) is 12. The second kappa shape index (κ2) is 25.8. The predicted octanol–water partition coefficient (Wildman–Crippen LogP) is -11.2. The first-order chi connectivity index (χ1) is 36.3. The van der Waals surface area contributed by atoms with E-state index in [0.717, 1.165) is 6.08 Å². The molecule has 1 aromatic rings. The highest BCUT2D eigenvalue weighted by Crippen LogP contribution is 2.38. The fourth-order valence-corrected chi connectivity index (χ4v) is 9.94. The van der Waals surface area contributed by atoms with Crippen LogP contribution in [0.4, 0.5) is 0 Å². The van der Waals surface area contributed by atoms with Gasteiger partial charge in [-0.3, -0.25) is 4.79 Å². The van der Waals surface area contributed by atoms with Gasteiger partial charge in [-0.05, 0) is 11.6 Å². The first kappa shape index (κ1) is 59.4. The lowest BCUT2D eigenvalue weighted by Gasteiger charge is -2.50. The van der Waals surface area contributed by atoms with Gasteiger partial charge in [0.2, 0.25) is 5.91 Å². The molecule has 22 aliphatic rings. The molecule has 0 spiro atoms. The zero-order chi connectivity index (χ0) is 54.9. The minimum atomic E-state index is -2.19. The largest absolute Gasteiger partial charge is 0.394 e. The quantitative estimate of drug-likeness (QED) is 0.102. The summed E-state index contributed by atoms with van der Waals surface area (Å²) in [5, 5.41) is 191. The Balaban J connectivity index is 1.10. The molecular weight excluding hydrogens is 1030 g/mol. The highest BCUT2D eigenvalue weighted by molar-refractivity contribution is 5.91. The average molecular weight is 1100 g/mol. The van der Waals surface area contributed by atoms with E-state index in [1.807, 2.05) is 0 Å². The second-order valence-corrected chi connectivity index (χ2v) is 19.2. The molecule has 31 heteroatoms. The van der Waals surface area contributed by atoms with E-state index in [-0.39, 0.29) is 0 Å². The summed E-state index contributed by atoms with van der Waals surface area (Å²) in [7, 11) is 0. The minimum Gasteiger partial charge on any atom is -0.394 e. The minimum absolute atomic E-state index is 0.584. The Morgan fingerprint density at radius 1 is 0.355 bits per heavy atom. The first-order valence-electron chi connectivity index (χ1n) is 24.4. The zero-order valence-electron chi connectivity index (χ0n) is 40.0. The molecule has 0 unspecified atom stereocenters. The number of aliphatic hydroxyl groups excluding tert-OH is 17. The molecule has 0 aromatic heterocycles. The van der Waals surface area contributed by atoms with Crippen LogP contribution in [0, 0.1) is 0 Å². The van der Waals surface area contributed by atoms with Gasteiger partial charge >= 0.3 is 0 Å². The fraction of sp³-hybridized carbons (Fsp3) is 0.800. The standard InChI is InChI=1S/C45H67NO30/c47-9-16-35-24(55)30(61)42(67-16)74-37-18(11-49)69-44(32(63)26(37)57)76-39-20(13-51)70-45(33(64)27(39)58)75-38-19(12-50)68-43(31(62)25(38)56)73-36-17(10-48)66-41(29(60)23(36)54)71-34-15(65-40(72-35)28(59)22(34)53)8-46-21(52)7-6-14-4-2-1-3-5-14/h1-7,15-20,22-45,47-51,53-64H,8-13H2,(H,46,52)/b7-6+/t15-,16-,17-,18-,19-,20-,22-,23-,24-,25-,26-,27-,28-,29-,30-,31-,32-,33-,34-,35-,36-,37-,38-,39-,40-,41-,42-,43-,44-,45-/m1/s1. The van der Waals surface area contributed by atoms with Gasteiger partial charge in [0.25, 0.3) is 0 Å². The van der Waals surface area contributed by atoms with Crippen LogP contribution in [0.2, 0.25) is 0 Å². The molecule has 22 heterocycles. The molecule has 23 rings (SSSR count). The topological polar surface area (TPSA) is 484 Å². The molecule has 1 amide bonds. The molecule has 432 valence electrons. The van der Waals surface area contributed by atoms with E-state index in [1.165, 1.54) is 6.08 Å². The Hall–Kier alpha value is -2.73. The average Bonchev–Trinajstić information content (AvgIpc) is 3.42. The summed E-state index contributed by atoms with van der Waals surface area (Å²) in [6.45, 7) is -5.67. The number of hydrogen-bond donors (Lipinski definition) is 18. The molecule has 18 N–H and O–H groups in total. The van der Waals surface area contributed by atoms with E-state index in [0.29, 0.717) is 5.56 Å². The lowest BCUT2D eigenvalue weighted by Crippen LogP contribution is -2.69. The van der Waals surface area contributed by atoms with Gasteiger partial charge in [0.1, 0.15) is 146 Å². The van der Waals surface area contributed by atoms with Gasteiger partial charge < -0.3 is 149 Å². The Morgan fingerprint density at radius 2 is 0.592 bits per heavy atom. The third-order valence-corrected chi connectivity index (χ3v) is 14.2. The van der Waals surface area contributed by atoms with Crippen LogP contribution in [0.5, 0.6) is 0 Å². The van der Waals surface area contributed by atoms with Gasteiger partial charge in [0.15, 0.2) is 37.7 Å². The van der Waals surface area contributed by atoms with Crippen LogP contribution in [0.3, 0.4) is 0 Å². The predicted molar refractivity (Wildman–Crippen MR) is 237 cm³/mol. The van der Waals surface area contributed by atoms with Crippen molar-refractivity contribution in [3.05, 3.63) is 42.0 Å². The number of benzene rings is 1. The molecule has 1 aromatic carbocycles. The molecule has 0 aliphatic carbocycles. The highest BCUT2D eigenvalue weighted by atomic mass is 16.8. The molecule has 0 saturated carbocycles. The molecule has 0 radical (unpaired) electrons. The van der Waals surface area contributed by atoms with Crippen LogP contribution in [0.15, 0.2) is 36.4 Å². The van der Waals surface area contributed by atoms with Crippen molar-refractivity contribution in [2.24, 2.45) is 0 Å². The van der Waals surface area contributed by atoms with Crippen LogP contribution in [0.1, 0.15) is 5.56 Å². The van der Waals surface area contributed by atoms with E-state index in [9.17, 15) is 91.6 Å². The SMILES string of the molecule is O=C(/C=C/c1ccccc1)NC[C@H]1O[C@@H]2O[C@H]3[C@H](O)[C@@H](O)[C@@H](O[C@H]4[C@H](O)[C@@H](O)[C@@H](O[C@H]5[C@H](O)[C@@H](O)[C@@H](O[C@H]6[C@H](O)[C@@H](O)[C@@H](O[C@H]7[C@H](O)[C@@H](O)[C@@H](O[C@H]1[C@H](O)[C@H]2O)O[C@@H]7CO)O[C@@H]6CO)O[C@@H]5CO)O[C@@H]4CO)O[C@@H]3CO. The third-order valence-electron chi connectivity index (χ3n) is 14.2. The van der Waals surface area contributed by atoms with E-state index >= 15 is 0 Å². The van der Waals surface area contributed by atoms with Crippen molar-refractivity contribution in [1.82, 2.24) is 5.32 Å². The number of carbonyl (C=O) groups excluding carboxylic acids is 1. The van der Waals surface area contributed by atoms with Gasteiger partial charge in [-0.15, -0.1) is 0 Å². The van der Waals surface area contributed by atoms with E-state index < -0.39 is 230 Å². The lowest BCUT2D eigenvalue weighted by molar-refractivity contribution is -0.403. The Bertz CT molecular complexity index is 2000. The van der Waals surface area contributed by atoms with Gasteiger partial charge in [-0.1, -0.05) is 30.3 Å². The van der Waals surface area contributed by atoms with Gasteiger partial charge in [0, 0.05) is 12.6 Å². The van der Waals surface area contributed by atoms with Crippen LogP contribution >= 0.6 is 0 Å². The van der Waals surface area contributed by atoms with E-state index in [4.69, 9.17) is 56.8 Å². The van der Waals surface area contributed by atoms with Crippen LogP contribution < -0.4 is 5.32 Å². The summed E-state index contributed by atoms with van der Waals surface area (Å²) in [5.41, 5.74) is 0.640. The number of nitrogens with one attached hydrogen (secondary N) is 1. The number of carbonyl (C=O) groups is 1. The van der Waals surface area contributed by atoms with Gasteiger partial charge in [-0.25, -0.2) is 0 Å². The van der Waals surface area contributed by atoms with Crippen LogP contribution in [-0.2, 0) is 61.6 Å². The fourth-order valence-electron chi connectivity index (χ4n) is 9.94. The summed E-state index contributed by atoms with van der Waals surface area (Å²) in [4.78, 5) is 13.1. The number of aliphatic hydroxyl groups is 17. The van der Waals surface area contributed by atoms with E-state index in [1.54, 1.807) is 30.3 Å². The third kappa shape index (κ3) is 12.3. The Kier molecular flexibility index (Phi) is 20.2. The molecule has 22 saturated heterocycles. The van der Waals surface area contributed by atoms with Gasteiger partial charge in [0.05, 0.1) is 33.0 Å². The summed E-state index contributed by atoms with van der Waals surface area (Å²) in [5.74, 6) is -0.721. The second-order valence-electron chi connectivity index (χ2n) is 19.2. The maximum atomic E-state index is 13.1. The van der Waals surface area contributed by atoms with Crippen LogP contribution in [-0.4, -0.2) is 317 Å². The normalized spacial score (nSPS) is 49.6. The number of hydrogen-bond acceptors (Lipinski definition) is 30. The molecular formula is C45H67NO30. The number of rotatable bonds is 9. The monoisotopic (exact) mass is 1100 g/mol.